The number of pyridine rings is 1. The van der Waals surface area contributed by atoms with Gasteiger partial charge in [0.05, 0.1) is 5.69 Å². The molecule has 0 aliphatic carbocycles. The highest BCUT2D eigenvalue weighted by molar-refractivity contribution is 5.41. The average molecular weight is 311 g/mol. The highest BCUT2D eigenvalue weighted by Crippen LogP contribution is 2.09. The lowest BCUT2D eigenvalue weighted by atomic mass is 10.2. The lowest BCUT2D eigenvalue weighted by Crippen LogP contribution is -2.21. The molecule has 4 nitrogen and oxygen atoms in total. The number of aromatic nitrogens is 2. The number of hydrogen-bond donors (Lipinski definition) is 0. The molecular formula is C18H18FN3O. The molecule has 3 rings (SSSR count). The molecule has 5 heteroatoms. The average Bonchev–Trinajstić information content (AvgIpc) is 2.49. The Morgan fingerprint density at radius 2 is 1.87 bits per heavy atom. The van der Waals surface area contributed by atoms with Crippen molar-refractivity contribution in [1.29, 1.82) is 0 Å². The van der Waals surface area contributed by atoms with Crippen LogP contribution in [0.15, 0.2) is 53.5 Å². The lowest BCUT2D eigenvalue weighted by Gasteiger charge is -2.16. The Hall–Kier alpha value is -2.53. The van der Waals surface area contributed by atoms with Gasteiger partial charge < -0.3 is 0 Å². The van der Waals surface area contributed by atoms with E-state index in [1.54, 1.807) is 24.4 Å². The molecule has 0 saturated carbocycles. The smallest absolute Gasteiger partial charge is 0.258 e. The minimum absolute atomic E-state index is 0.0832. The van der Waals surface area contributed by atoms with Crippen LogP contribution in [0, 0.1) is 12.7 Å². The van der Waals surface area contributed by atoms with Gasteiger partial charge in [0, 0.05) is 25.4 Å². The number of rotatable bonds is 4. The predicted octanol–water partition coefficient (Wildman–Crippen LogP) is 2.77. The van der Waals surface area contributed by atoms with Crippen LogP contribution in [-0.4, -0.2) is 21.3 Å². The molecule has 2 aromatic heterocycles. The third kappa shape index (κ3) is 3.63. The van der Waals surface area contributed by atoms with Crippen molar-refractivity contribution in [3.05, 3.63) is 81.7 Å². The van der Waals surface area contributed by atoms with Crippen molar-refractivity contribution in [3.8, 4) is 0 Å². The van der Waals surface area contributed by atoms with Gasteiger partial charge in [-0.25, -0.2) is 9.37 Å². The molecule has 23 heavy (non-hydrogen) atoms. The first kappa shape index (κ1) is 15.4. The normalized spacial score (nSPS) is 11.3. The number of aryl methyl sites for hydroxylation is 1. The van der Waals surface area contributed by atoms with Gasteiger partial charge in [-0.15, -0.1) is 0 Å². The summed E-state index contributed by atoms with van der Waals surface area (Å²) in [5.41, 5.74) is 3.38. The zero-order valence-corrected chi connectivity index (χ0v) is 13.2. The first-order valence-corrected chi connectivity index (χ1v) is 7.43. The van der Waals surface area contributed by atoms with E-state index in [0.717, 1.165) is 16.8 Å². The van der Waals surface area contributed by atoms with E-state index < -0.39 is 0 Å². The SMILES string of the molecule is Cc1ccn2c(=O)cc(CN(C)Cc3ccc(F)cc3)nc2c1. The van der Waals surface area contributed by atoms with Crippen LogP contribution in [-0.2, 0) is 13.1 Å². The van der Waals surface area contributed by atoms with Crippen LogP contribution in [0.5, 0.6) is 0 Å². The van der Waals surface area contributed by atoms with Crippen molar-refractivity contribution >= 4 is 5.65 Å². The summed E-state index contributed by atoms with van der Waals surface area (Å²) in [4.78, 5) is 18.7. The van der Waals surface area contributed by atoms with Gasteiger partial charge in [-0.3, -0.25) is 14.1 Å². The van der Waals surface area contributed by atoms with Gasteiger partial charge in [-0.1, -0.05) is 12.1 Å². The number of benzene rings is 1. The minimum atomic E-state index is -0.240. The summed E-state index contributed by atoms with van der Waals surface area (Å²) in [6.45, 7) is 3.19. The van der Waals surface area contributed by atoms with E-state index >= 15 is 0 Å². The second-order valence-electron chi connectivity index (χ2n) is 5.82. The van der Waals surface area contributed by atoms with Crippen LogP contribution < -0.4 is 5.56 Å². The van der Waals surface area contributed by atoms with E-state index in [9.17, 15) is 9.18 Å². The molecule has 0 saturated heterocycles. The number of nitrogens with zero attached hydrogens (tertiary/aromatic N) is 3. The fourth-order valence-electron chi connectivity index (χ4n) is 2.57. The molecule has 0 bridgehead atoms. The molecule has 0 aliphatic rings. The molecular weight excluding hydrogens is 293 g/mol. The Labute approximate surface area is 133 Å². The number of halogens is 1. The highest BCUT2D eigenvalue weighted by atomic mass is 19.1. The Balaban J connectivity index is 1.80. The predicted molar refractivity (Wildman–Crippen MR) is 87.8 cm³/mol. The minimum Gasteiger partial charge on any atom is -0.296 e. The highest BCUT2D eigenvalue weighted by Gasteiger charge is 2.07. The Kier molecular flexibility index (Phi) is 4.21. The van der Waals surface area contributed by atoms with Gasteiger partial charge in [0.2, 0.25) is 0 Å². The Morgan fingerprint density at radius 3 is 2.61 bits per heavy atom. The van der Waals surface area contributed by atoms with Gasteiger partial charge in [-0.05, 0) is 49.4 Å². The molecule has 0 atom stereocenters. The second kappa shape index (κ2) is 6.30. The molecule has 0 unspecified atom stereocenters. The molecule has 118 valence electrons. The van der Waals surface area contributed by atoms with Gasteiger partial charge >= 0.3 is 0 Å². The summed E-state index contributed by atoms with van der Waals surface area (Å²) in [6.07, 6.45) is 1.74. The largest absolute Gasteiger partial charge is 0.296 e. The first-order valence-electron chi connectivity index (χ1n) is 7.43. The zero-order chi connectivity index (χ0) is 16.4. The number of hydrogen-bond acceptors (Lipinski definition) is 3. The molecule has 2 heterocycles. The second-order valence-corrected chi connectivity index (χ2v) is 5.82. The van der Waals surface area contributed by atoms with Crippen molar-refractivity contribution in [2.75, 3.05) is 7.05 Å². The molecule has 0 spiro atoms. The summed E-state index contributed by atoms with van der Waals surface area (Å²) in [6, 6.07) is 11.8. The van der Waals surface area contributed by atoms with Crippen LogP contribution in [0.1, 0.15) is 16.8 Å². The molecule has 0 N–H and O–H groups in total. The monoisotopic (exact) mass is 311 g/mol. The summed E-state index contributed by atoms with van der Waals surface area (Å²) in [5, 5.41) is 0. The van der Waals surface area contributed by atoms with Gasteiger partial charge in [0.1, 0.15) is 11.5 Å². The first-order chi connectivity index (χ1) is 11.0. The van der Waals surface area contributed by atoms with E-state index in [4.69, 9.17) is 0 Å². The fraction of sp³-hybridized carbons (Fsp3) is 0.222. The maximum atomic E-state index is 12.9. The van der Waals surface area contributed by atoms with Crippen LogP contribution in [0.2, 0.25) is 0 Å². The van der Waals surface area contributed by atoms with Crippen molar-refractivity contribution in [2.24, 2.45) is 0 Å². The lowest BCUT2D eigenvalue weighted by molar-refractivity contribution is 0.315. The van der Waals surface area contributed by atoms with E-state index in [-0.39, 0.29) is 11.4 Å². The van der Waals surface area contributed by atoms with E-state index in [2.05, 4.69) is 4.98 Å². The van der Waals surface area contributed by atoms with Crippen molar-refractivity contribution in [3.63, 3.8) is 0 Å². The third-order valence-corrected chi connectivity index (χ3v) is 3.67. The Bertz CT molecular complexity index is 887. The van der Waals surface area contributed by atoms with E-state index in [1.165, 1.54) is 16.5 Å². The standard InChI is InChI=1S/C18H18FN3O/c1-13-7-8-22-17(9-13)20-16(10-18(22)23)12-21(2)11-14-3-5-15(19)6-4-14/h3-10H,11-12H2,1-2H3. The van der Waals surface area contributed by atoms with E-state index in [0.29, 0.717) is 18.7 Å². The fourth-order valence-corrected chi connectivity index (χ4v) is 2.57. The van der Waals surface area contributed by atoms with Gasteiger partial charge in [-0.2, -0.15) is 0 Å². The summed E-state index contributed by atoms with van der Waals surface area (Å²) < 4.78 is 14.5. The van der Waals surface area contributed by atoms with Crippen LogP contribution in [0.25, 0.3) is 5.65 Å². The van der Waals surface area contributed by atoms with Crippen molar-refractivity contribution in [2.45, 2.75) is 20.0 Å². The molecule has 1 aromatic carbocycles. The number of fused-ring (bicyclic) bond motifs is 1. The molecule has 0 fully saturated rings. The topological polar surface area (TPSA) is 37.6 Å². The maximum Gasteiger partial charge on any atom is 0.258 e. The quantitative estimate of drug-likeness (QED) is 0.743. The van der Waals surface area contributed by atoms with E-state index in [1.807, 2.05) is 31.0 Å². The van der Waals surface area contributed by atoms with Gasteiger partial charge in [0.25, 0.3) is 5.56 Å². The Morgan fingerprint density at radius 1 is 1.13 bits per heavy atom. The van der Waals surface area contributed by atoms with Gasteiger partial charge in [0.15, 0.2) is 0 Å². The molecule has 0 amide bonds. The summed E-state index contributed by atoms with van der Waals surface area (Å²) >= 11 is 0. The maximum absolute atomic E-state index is 12.9. The van der Waals surface area contributed by atoms with Crippen molar-refractivity contribution < 1.29 is 4.39 Å². The molecule has 0 aliphatic heterocycles. The molecule has 3 aromatic rings. The summed E-state index contributed by atoms with van der Waals surface area (Å²) in [7, 11) is 1.95. The van der Waals surface area contributed by atoms with Crippen molar-refractivity contribution in [1.82, 2.24) is 14.3 Å². The van der Waals surface area contributed by atoms with Crippen LogP contribution in [0.3, 0.4) is 0 Å². The molecule has 0 radical (unpaired) electrons. The third-order valence-electron chi connectivity index (χ3n) is 3.67. The zero-order valence-electron chi connectivity index (χ0n) is 13.2. The van der Waals surface area contributed by atoms with Crippen LogP contribution in [0.4, 0.5) is 4.39 Å². The van der Waals surface area contributed by atoms with Crippen LogP contribution >= 0.6 is 0 Å². The summed E-state index contributed by atoms with van der Waals surface area (Å²) in [5.74, 6) is -0.240.